The molecule has 0 atom stereocenters. The van der Waals surface area contributed by atoms with Crippen molar-refractivity contribution >= 4 is 27.3 Å². The van der Waals surface area contributed by atoms with Gasteiger partial charge < -0.3 is 5.32 Å². The Morgan fingerprint density at radius 1 is 1.22 bits per heavy atom. The Hall–Kier alpha value is -2.78. The monoisotopic (exact) mass is 391 g/mol. The number of anilines is 1. The molecule has 144 valence electrons. The van der Waals surface area contributed by atoms with Crippen LogP contribution in [0.3, 0.4) is 0 Å². The molecule has 0 saturated carbocycles. The van der Waals surface area contributed by atoms with Crippen LogP contribution in [0.15, 0.2) is 47.4 Å². The molecule has 8 nitrogen and oxygen atoms in total. The normalized spacial score (nSPS) is 11.4. The quantitative estimate of drug-likeness (QED) is 0.576. The third-order valence-electron chi connectivity index (χ3n) is 4.12. The van der Waals surface area contributed by atoms with Crippen LogP contribution in [0.1, 0.15) is 18.1 Å². The highest BCUT2D eigenvalue weighted by Crippen LogP contribution is 2.24. The Labute approximate surface area is 158 Å². The molecule has 0 aromatic heterocycles. The molecule has 0 heterocycles. The highest BCUT2D eigenvalue weighted by molar-refractivity contribution is 7.89. The van der Waals surface area contributed by atoms with E-state index >= 15 is 0 Å². The molecule has 0 fully saturated rings. The van der Waals surface area contributed by atoms with Gasteiger partial charge in [0.25, 0.3) is 5.69 Å². The first kappa shape index (κ1) is 20.5. The van der Waals surface area contributed by atoms with Crippen molar-refractivity contribution in [2.75, 3.05) is 18.9 Å². The van der Waals surface area contributed by atoms with E-state index in [0.29, 0.717) is 11.3 Å². The number of hydrogen-bond donors (Lipinski definition) is 1. The molecule has 0 unspecified atom stereocenters. The molecule has 1 N–H and O–H groups in total. The zero-order chi connectivity index (χ0) is 20.2. The lowest BCUT2D eigenvalue weighted by atomic mass is 10.1. The summed E-state index contributed by atoms with van der Waals surface area (Å²) in [4.78, 5) is 22.4. The molecule has 2 aromatic rings. The van der Waals surface area contributed by atoms with Gasteiger partial charge in [-0.2, -0.15) is 4.31 Å². The van der Waals surface area contributed by atoms with E-state index in [1.807, 2.05) is 19.1 Å². The number of aryl methyl sites for hydroxylation is 2. The molecule has 0 aliphatic carbocycles. The maximum Gasteiger partial charge on any atom is 0.273 e. The maximum absolute atomic E-state index is 12.7. The van der Waals surface area contributed by atoms with Crippen molar-refractivity contribution in [1.82, 2.24) is 4.31 Å². The average molecular weight is 391 g/mol. The van der Waals surface area contributed by atoms with Crippen molar-refractivity contribution in [2.24, 2.45) is 0 Å². The van der Waals surface area contributed by atoms with Gasteiger partial charge >= 0.3 is 0 Å². The molecule has 27 heavy (non-hydrogen) atoms. The van der Waals surface area contributed by atoms with E-state index < -0.39 is 27.4 Å². The number of carbonyl (C=O) groups excluding carboxylic acids is 1. The number of rotatable bonds is 7. The molecule has 9 heteroatoms. The van der Waals surface area contributed by atoms with Crippen molar-refractivity contribution < 1.29 is 18.1 Å². The molecule has 0 spiro atoms. The highest BCUT2D eigenvalue weighted by atomic mass is 32.2. The number of likely N-dealkylation sites (N-methyl/N-ethyl adjacent to an activating group) is 1. The molecule has 1 amide bonds. The first-order valence-corrected chi connectivity index (χ1v) is 9.70. The Morgan fingerprint density at radius 3 is 2.52 bits per heavy atom. The number of amides is 1. The van der Waals surface area contributed by atoms with Gasteiger partial charge in [0.2, 0.25) is 15.9 Å². The summed E-state index contributed by atoms with van der Waals surface area (Å²) in [6.07, 6.45) is 0.720. The summed E-state index contributed by atoms with van der Waals surface area (Å²) < 4.78 is 26.2. The van der Waals surface area contributed by atoms with Gasteiger partial charge in [-0.1, -0.05) is 31.2 Å². The van der Waals surface area contributed by atoms with Gasteiger partial charge in [0.05, 0.1) is 16.4 Å². The molecular weight excluding hydrogens is 370 g/mol. The van der Waals surface area contributed by atoms with E-state index in [-0.39, 0.29) is 10.6 Å². The molecule has 2 rings (SSSR count). The van der Waals surface area contributed by atoms with E-state index in [9.17, 15) is 23.3 Å². The third kappa shape index (κ3) is 4.69. The molecule has 0 aliphatic rings. The van der Waals surface area contributed by atoms with Gasteiger partial charge in [0.1, 0.15) is 0 Å². The molecule has 0 radical (unpaired) electrons. The minimum atomic E-state index is -4.05. The minimum Gasteiger partial charge on any atom is -0.325 e. The van der Waals surface area contributed by atoms with Gasteiger partial charge in [-0.3, -0.25) is 14.9 Å². The van der Waals surface area contributed by atoms with Gasteiger partial charge in [-0.15, -0.1) is 0 Å². The zero-order valence-corrected chi connectivity index (χ0v) is 16.1. The van der Waals surface area contributed by atoms with Crippen LogP contribution in [0.25, 0.3) is 0 Å². The number of nitro benzene ring substituents is 1. The number of nitrogens with zero attached hydrogens (tertiary/aromatic N) is 2. The number of nitrogens with one attached hydrogen (secondary N) is 1. The van der Waals surface area contributed by atoms with Crippen molar-refractivity contribution in [3.8, 4) is 0 Å². The number of para-hydroxylation sites is 1. The summed E-state index contributed by atoms with van der Waals surface area (Å²) in [5.74, 6) is -0.497. The summed E-state index contributed by atoms with van der Waals surface area (Å²) >= 11 is 0. The summed E-state index contributed by atoms with van der Waals surface area (Å²) in [6, 6.07) is 10.9. The lowest BCUT2D eigenvalue weighted by Gasteiger charge is -2.17. The van der Waals surface area contributed by atoms with E-state index in [4.69, 9.17) is 0 Å². The predicted molar refractivity (Wildman–Crippen MR) is 102 cm³/mol. The second-order valence-electron chi connectivity index (χ2n) is 6.03. The standard InChI is InChI=1S/C18H21N3O5S/c1-4-14-7-5-6-8-16(14)19-18(22)12-20(3)27(25,26)15-10-9-13(2)17(11-15)21(23)24/h5-11H,4,12H2,1-3H3,(H,19,22). The fraction of sp³-hybridized carbons (Fsp3) is 0.278. The number of nitro groups is 1. The molecule has 0 aliphatic heterocycles. The lowest BCUT2D eigenvalue weighted by molar-refractivity contribution is -0.385. The van der Waals surface area contributed by atoms with Crippen molar-refractivity contribution in [3.05, 3.63) is 63.7 Å². The van der Waals surface area contributed by atoms with Crippen LogP contribution in [0, 0.1) is 17.0 Å². The number of hydrogen-bond acceptors (Lipinski definition) is 5. The Morgan fingerprint density at radius 2 is 1.89 bits per heavy atom. The maximum atomic E-state index is 12.7. The van der Waals surface area contributed by atoms with E-state index in [1.54, 1.807) is 12.1 Å². The number of sulfonamides is 1. The van der Waals surface area contributed by atoms with Crippen molar-refractivity contribution in [3.63, 3.8) is 0 Å². The second-order valence-corrected chi connectivity index (χ2v) is 8.07. The summed E-state index contributed by atoms with van der Waals surface area (Å²) in [6.45, 7) is 3.06. The van der Waals surface area contributed by atoms with Crippen LogP contribution in [0.5, 0.6) is 0 Å². The van der Waals surface area contributed by atoms with Gasteiger partial charge in [0, 0.05) is 24.4 Å². The van der Waals surface area contributed by atoms with Crippen LogP contribution in [0.4, 0.5) is 11.4 Å². The van der Waals surface area contributed by atoms with Crippen LogP contribution in [-0.2, 0) is 21.2 Å². The molecule has 2 aromatic carbocycles. The second kappa shape index (κ2) is 8.28. The molecule has 0 saturated heterocycles. The number of benzene rings is 2. The largest absolute Gasteiger partial charge is 0.325 e. The van der Waals surface area contributed by atoms with Gasteiger partial charge in [0.15, 0.2) is 0 Å². The van der Waals surface area contributed by atoms with Crippen LogP contribution < -0.4 is 5.32 Å². The van der Waals surface area contributed by atoms with Crippen LogP contribution in [-0.4, -0.2) is 37.1 Å². The summed E-state index contributed by atoms with van der Waals surface area (Å²) in [5, 5.41) is 13.7. The molecular formula is C18H21N3O5S. The zero-order valence-electron chi connectivity index (χ0n) is 15.3. The van der Waals surface area contributed by atoms with Crippen molar-refractivity contribution in [1.29, 1.82) is 0 Å². The highest BCUT2D eigenvalue weighted by Gasteiger charge is 2.26. The van der Waals surface area contributed by atoms with Crippen LogP contribution >= 0.6 is 0 Å². The first-order valence-electron chi connectivity index (χ1n) is 8.26. The topological polar surface area (TPSA) is 110 Å². The fourth-order valence-corrected chi connectivity index (χ4v) is 3.70. The summed E-state index contributed by atoms with van der Waals surface area (Å²) in [7, 11) is -2.79. The minimum absolute atomic E-state index is 0.232. The van der Waals surface area contributed by atoms with Gasteiger partial charge in [-0.05, 0) is 31.0 Å². The average Bonchev–Trinajstić information content (AvgIpc) is 2.61. The fourth-order valence-electron chi connectivity index (χ4n) is 2.55. The Kier molecular flexibility index (Phi) is 6.29. The Bertz CT molecular complexity index is 973. The van der Waals surface area contributed by atoms with E-state index in [2.05, 4.69) is 5.32 Å². The third-order valence-corrected chi connectivity index (χ3v) is 5.92. The molecule has 0 bridgehead atoms. The summed E-state index contributed by atoms with van der Waals surface area (Å²) in [5.41, 5.74) is 1.63. The van der Waals surface area contributed by atoms with Crippen LogP contribution in [0.2, 0.25) is 0 Å². The SMILES string of the molecule is CCc1ccccc1NC(=O)CN(C)S(=O)(=O)c1ccc(C)c([N+](=O)[O-])c1. The van der Waals surface area contributed by atoms with E-state index in [1.165, 1.54) is 26.1 Å². The Balaban J connectivity index is 2.19. The van der Waals surface area contributed by atoms with Gasteiger partial charge in [-0.25, -0.2) is 8.42 Å². The smallest absolute Gasteiger partial charge is 0.273 e. The van der Waals surface area contributed by atoms with E-state index in [0.717, 1.165) is 22.4 Å². The first-order chi connectivity index (χ1) is 12.7. The van der Waals surface area contributed by atoms with Crippen molar-refractivity contribution in [2.45, 2.75) is 25.2 Å². The lowest BCUT2D eigenvalue weighted by Crippen LogP contribution is -2.35. The number of carbonyl (C=O) groups is 1. The predicted octanol–water partition coefficient (Wildman–Crippen LogP) is 2.72.